The number of aryl methyl sites for hydroxylation is 1. The smallest absolute Gasteiger partial charge is 0.264 e. The largest absolute Gasteiger partial charge is 0.354 e. The minimum Gasteiger partial charge on any atom is -0.354 e. The SMILES string of the molecule is CCCCNC(=O)[C@H](C)N(Cc1ccc(C)cc1)C(=O)CN(c1ccc(F)cc1)S(=O)(=O)c1ccccc1. The molecule has 0 spiro atoms. The lowest BCUT2D eigenvalue weighted by atomic mass is 10.1. The lowest BCUT2D eigenvalue weighted by Gasteiger charge is -2.32. The fraction of sp³-hybridized carbons (Fsp3) is 0.310. The molecule has 2 amide bonds. The van der Waals surface area contributed by atoms with Crippen LogP contribution in [0.5, 0.6) is 0 Å². The van der Waals surface area contributed by atoms with Crippen LogP contribution in [-0.2, 0) is 26.2 Å². The van der Waals surface area contributed by atoms with Crippen molar-refractivity contribution in [1.82, 2.24) is 10.2 Å². The Labute approximate surface area is 224 Å². The van der Waals surface area contributed by atoms with Gasteiger partial charge in [0.2, 0.25) is 11.8 Å². The van der Waals surface area contributed by atoms with Crippen molar-refractivity contribution < 1.29 is 22.4 Å². The van der Waals surface area contributed by atoms with E-state index >= 15 is 0 Å². The van der Waals surface area contributed by atoms with Crippen LogP contribution in [0.2, 0.25) is 0 Å². The van der Waals surface area contributed by atoms with Gasteiger partial charge in [0.1, 0.15) is 18.4 Å². The Morgan fingerprint density at radius 3 is 2.18 bits per heavy atom. The van der Waals surface area contributed by atoms with Crippen molar-refractivity contribution in [2.45, 2.75) is 51.1 Å². The highest BCUT2D eigenvalue weighted by Crippen LogP contribution is 2.25. The van der Waals surface area contributed by atoms with Crippen LogP contribution < -0.4 is 9.62 Å². The molecule has 0 unspecified atom stereocenters. The highest BCUT2D eigenvalue weighted by Gasteiger charge is 2.32. The van der Waals surface area contributed by atoms with Gasteiger partial charge in [-0.3, -0.25) is 13.9 Å². The second-order valence-corrected chi connectivity index (χ2v) is 11.0. The Morgan fingerprint density at radius 1 is 0.947 bits per heavy atom. The van der Waals surface area contributed by atoms with Crippen molar-refractivity contribution in [3.05, 3.63) is 95.8 Å². The third kappa shape index (κ3) is 7.41. The van der Waals surface area contributed by atoms with E-state index in [0.717, 1.165) is 40.4 Å². The molecule has 1 N–H and O–H groups in total. The van der Waals surface area contributed by atoms with Gasteiger partial charge in [-0.05, 0) is 62.2 Å². The van der Waals surface area contributed by atoms with E-state index < -0.39 is 34.3 Å². The van der Waals surface area contributed by atoms with Gasteiger partial charge in [-0.25, -0.2) is 12.8 Å². The van der Waals surface area contributed by atoms with Crippen LogP contribution in [0, 0.1) is 12.7 Å². The van der Waals surface area contributed by atoms with Gasteiger partial charge < -0.3 is 10.2 Å². The minimum atomic E-state index is -4.17. The van der Waals surface area contributed by atoms with Gasteiger partial charge in [-0.1, -0.05) is 61.4 Å². The van der Waals surface area contributed by atoms with E-state index in [2.05, 4.69) is 5.32 Å². The summed E-state index contributed by atoms with van der Waals surface area (Å²) in [6.45, 7) is 5.62. The van der Waals surface area contributed by atoms with E-state index in [1.54, 1.807) is 25.1 Å². The summed E-state index contributed by atoms with van der Waals surface area (Å²) in [5, 5.41) is 2.85. The molecule has 3 aromatic rings. The van der Waals surface area contributed by atoms with Crippen molar-refractivity contribution in [3.63, 3.8) is 0 Å². The first kappa shape index (κ1) is 28.8. The summed E-state index contributed by atoms with van der Waals surface area (Å²) in [6, 6.07) is 19.4. The summed E-state index contributed by atoms with van der Waals surface area (Å²) in [5.41, 5.74) is 1.99. The van der Waals surface area contributed by atoms with E-state index in [1.807, 2.05) is 38.1 Å². The van der Waals surface area contributed by atoms with Gasteiger partial charge in [-0.15, -0.1) is 0 Å². The monoisotopic (exact) mass is 539 g/mol. The topological polar surface area (TPSA) is 86.8 Å². The van der Waals surface area contributed by atoms with Crippen LogP contribution in [0.3, 0.4) is 0 Å². The zero-order valence-electron chi connectivity index (χ0n) is 21.9. The Bertz CT molecular complexity index is 1310. The average molecular weight is 540 g/mol. The van der Waals surface area contributed by atoms with E-state index in [1.165, 1.54) is 29.2 Å². The molecular formula is C29H34FN3O4S. The molecule has 38 heavy (non-hydrogen) atoms. The van der Waals surface area contributed by atoms with Crippen molar-refractivity contribution >= 4 is 27.5 Å². The predicted octanol–water partition coefficient (Wildman–Crippen LogP) is 4.66. The van der Waals surface area contributed by atoms with E-state index in [9.17, 15) is 22.4 Å². The zero-order valence-corrected chi connectivity index (χ0v) is 22.7. The second kappa shape index (κ2) is 13.2. The van der Waals surface area contributed by atoms with Crippen molar-refractivity contribution in [3.8, 4) is 0 Å². The Hall–Kier alpha value is -3.72. The lowest BCUT2D eigenvalue weighted by Crippen LogP contribution is -2.51. The standard InChI is InChI=1S/C29H34FN3O4S/c1-4-5-19-31-29(35)23(3)32(20-24-13-11-22(2)12-14-24)28(34)21-33(26-17-15-25(30)16-18-26)38(36,37)27-9-7-6-8-10-27/h6-18,23H,4-5,19-21H2,1-3H3,(H,31,35)/t23-/m0/s1. The minimum absolute atomic E-state index is 0.00688. The Kier molecular flexibility index (Phi) is 10.0. The summed E-state index contributed by atoms with van der Waals surface area (Å²) in [4.78, 5) is 28.1. The molecule has 1 atom stereocenters. The van der Waals surface area contributed by atoms with Gasteiger partial charge in [0.05, 0.1) is 10.6 Å². The molecule has 3 rings (SSSR count). The summed E-state index contributed by atoms with van der Waals surface area (Å²) in [6.07, 6.45) is 1.71. The molecule has 0 radical (unpaired) electrons. The van der Waals surface area contributed by atoms with Crippen LogP contribution in [0.25, 0.3) is 0 Å². The number of halogens is 1. The first-order valence-electron chi connectivity index (χ1n) is 12.6. The normalized spacial score (nSPS) is 12.0. The molecule has 0 heterocycles. The number of amides is 2. The number of benzene rings is 3. The molecule has 0 aliphatic carbocycles. The molecule has 7 nitrogen and oxygen atoms in total. The maximum Gasteiger partial charge on any atom is 0.264 e. The number of anilines is 1. The summed E-state index contributed by atoms with van der Waals surface area (Å²) in [7, 11) is -4.17. The molecular weight excluding hydrogens is 505 g/mol. The van der Waals surface area contributed by atoms with Gasteiger partial charge in [0, 0.05) is 13.1 Å². The second-order valence-electron chi connectivity index (χ2n) is 9.13. The molecule has 0 aliphatic rings. The lowest BCUT2D eigenvalue weighted by molar-refractivity contribution is -0.139. The molecule has 3 aromatic carbocycles. The molecule has 0 saturated heterocycles. The number of nitrogens with one attached hydrogen (secondary N) is 1. The number of rotatable bonds is 12. The van der Waals surface area contributed by atoms with Gasteiger partial charge in [0.15, 0.2) is 0 Å². The fourth-order valence-corrected chi connectivity index (χ4v) is 5.30. The van der Waals surface area contributed by atoms with Gasteiger partial charge in [-0.2, -0.15) is 0 Å². The quantitative estimate of drug-likeness (QED) is 0.339. The number of unbranched alkanes of at least 4 members (excludes halogenated alkanes) is 1. The molecule has 0 aliphatic heterocycles. The Balaban J connectivity index is 1.97. The van der Waals surface area contributed by atoms with E-state index in [-0.39, 0.29) is 23.0 Å². The van der Waals surface area contributed by atoms with E-state index in [4.69, 9.17) is 0 Å². The van der Waals surface area contributed by atoms with Crippen molar-refractivity contribution in [2.24, 2.45) is 0 Å². The highest BCUT2D eigenvalue weighted by molar-refractivity contribution is 7.92. The highest BCUT2D eigenvalue weighted by atomic mass is 32.2. The third-order valence-electron chi connectivity index (χ3n) is 6.20. The van der Waals surface area contributed by atoms with Gasteiger partial charge in [0.25, 0.3) is 10.0 Å². The van der Waals surface area contributed by atoms with Crippen LogP contribution >= 0.6 is 0 Å². The summed E-state index contributed by atoms with van der Waals surface area (Å²) < 4.78 is 41.9. The first-order valence-corrected chi connectivity index (χ1v) is 14.0. The maximum atomic E-state index is 13.8. The molecule has 0 fully saturated rings. The molecule has 0 aromatic heterocycles. The summed E-state index contributed by atoms with van der Waals surface area (Å²) >= 11 is 0. The van der Waals surface area contributed by atoms with Crippen molar-refractivity contribution in [1.29, 1.82) is 0 Å². The zero-order chi connectivity index (χ0) is 27.7. The number of carbonyl (C=O) groups excluding carboxylic acids is 2. The predicted molar refractivity (Wildman–Crippen MR) is 146 cm³/mol. The average Bonchev–Trinajstić information content (AvgIpc) is 2.92. The number of nitrogens with zero attached hydrogens (tertiary/aromatic N) is 2. The summed E-state index contributed by atoms with van der Waals surface area (Å²) in [5.74, 6) is -1.42. The van der Waals surface area contributed by atoms with E-state index in [0.29, 0.717) is 6.54 Å². The van der Waals surface area contributed by atoms with Crippen LogP contribution in [0.4, 0.5) is 10.1 Å². The molecule has 202 valence electrons. The molecule has 0 saturated carbocycles. The Morgan fingerprint density at radius 2 is 1.58 bits per heavy atom. The van der Waals surface area contributed by atoms with Crippen LogP contribution in [0.1, 0.15) is 37.8 Å². The van der Waals surface area contributed by atoms with Crippen molar-refractivity contribution in [2.75, 3.05) is 17.4 Å². The maximum absolute atomic E-state index is 13.8. The first-order chi connectivity index (χ1) is 18.1. The molecule has 0 bridgehead atoms. The number of carbonyl (C=O) groups is 2. The number of sulfonamides is 1. The fourth-order valence-electron chi connectivity index (χ4n) is 3.86. The van der Waals surface area contributed by atoms with Crippen LogP contribution in [0.15, 0.2) is 83.8 Å². The van der Waals surface area contributed by atoms with Gasteiger partial charge >= 0.3 is 0 Å². The van der Waals surface area contributed by atoms with Crippen LogP contribution in [-0.4, -0.2) is 44.3 Å². The number of hydrogen-bond donors (Lipinski definition) is 1. The molecule has 9 heteroatoms. The third-order valence-corrected chi connectivity index (χ3v) is 7.98. The number of hydrogen-bond acceptors (Lipinski definition) is 4.